The van der Waals surface area contributed by atoms with Crippen LogP contribution in [0.5, 0.6) is 0 Å². The van der Waals surface area contributed by atoms with Crippen molar-refractivity contribution in [3.05, 3.63) is 100 Å². The van der Waals surface area contributed by atoms with Crippen LogP contribution in [0.2, 0.25) is 0 Å². The van der Waals surface area contributed by atoms with Crippen LogP contribution in [-0.2, 0) is 19.5 Å². The van der Waals surface area contributed by atoms with Crippen molar-refractivity contribution in [2.75, 3.05) is 0 Å². The van der Waals surface area contributed by atoms with E-state index in [1.54, 1.807) is 0 Å². The van der Waals surface area contributed by atoms with Gasteiger partial charge < -0.3 is 9.13 Å². The number of aryl methyl sites for hydroxylation is 5. The second kappa shape index (κ2) is 7.51. The van der Waals surface area contributed by atoms with E-state index in [-0.39, 0.29) is 0 Å². The lowest BCUT2D eigenvalue weighted by atomic mass is 10.1. The van der Waals surface area contributed by atoms with Gasteiger partial charge in [0, 0.05) is 6.54 Å². The number of fused-ring (bicyclic) bond motifs is 1. The molecule has 0 saturated heterocycles. The average Bonchev–Trinajstić information content (AvgIpc) is 2.96. The third-order valence-corrected chi connectivity index (χ3v) is 5.63. The van der Waals surface area contributed by atoms with Crippen LogP contribution >= 0.6 is 0 Å². The average molecular weight is 370 g/mol. The lowest BCUT2D eigenvalue weighted by Gasteiger charge is -2.08. The summed E-state index contributed by atoms with van der Waals surface area (Å²) >= 11 is 0. The van der Waals surface area contributed by atoms with Crippen LogP contribution in [0, 0.1) is 26.2 Å². The summed E-state index contributed by atoms with van der Waals surface area (Å²) < 4.78 is 4.25. The molecule has 0 atom stereocenters. The van der Waals surface area contributed by atoms with Gasteiger partial charge in [-0.3, -0.25) is 5.41 Å². The normalized spacial score (nSPS) is 11.2. The van der Waals surface area contributed by atoms with Crippen molar-refractivity contribution < 1.29 is 0 Å². The molecule has 0 radical (unpaired) electrons. The number of hydrogen-bond acceptors (Lipinski definition) is 1. The molecule has 0 spiro atoms. The molecule has 1 N–H and O–H groups in total. The highest BCUT2D eigenvalue weighted by Crippen LogP contribution is 2.17. The Kier molecular flexibility index (Phi) is 4.91. The molecule has 1 heterocycles. The van der Waals surface area contributed by atoms with Crippen LogP contribution < -0.4 is 5.62 Å². The number of benzene rings is 3. The lowest BCUT2D eigenvalue weighted by Crippen LogP contribution is -2.25. The molecule has 3 heteroatoms. The maximum absolute atomic E-state index is 8.85. The van der Waals surface area contributed by atoms with Gasteiger partial charge in [-0.25, -0.2) is 0 Å². The summed E-state index contributed by atoms with van der Waals surface area (Å²) in [7, 11) is 0. The zero-order chi connectivity index (χ0) is 19.7. The molecule has 0 aliphatic rings. The SMILES string of the molecule is Cc1ccc(CCn2c(=N)n(Cc3ccc(C)c(C)c3)c3ccccc32)cc1. The first-order chi connectivity index (χ1) is 13.5. The van der Waals surface area contributed by atoms with Crippen molar-refractivity contribution in [2.24, 2.45) is 0 Å². The first kappa shape index (κ1) is 18.3. The van der Waals surface area contributed by atoms with Gasteiger partial charge in [0.1, 0.15) is 0 Å². The van der Waals surface area contributed by atoms with E-state index in [1.165, 1.54) is 27.8 Å². The van der Waals surface area contributed by atoms with E-state index >= 15 is 0 Å². The van der Waals surface area contributed by atoms with Crippen LogP contribution in [0.25, 0.3) is 11.0 Å². The zero-order valence-corrected chi connectivity index (χ0v) is 16.9. The number of para-hydroxylation sites is 2. The molecule has 1 aromatic heterocycles. The second-order valence-electron chi connectivity index (χ2n) is 7.70. The summed E-state index contributed by atoms with van der Waals surface area (Å²) in [5.41, 5.74) is 9.24. The van der Waals surface area contributed by atoms with Crippen LogP contribution in [-0.4, -0.2) is 9.13 Å². The van der Waals surface area contributed by atoms with E-state index in [4.69, 9.17) is 5.41 Å². The number of hydrogen-bond donors (Lipinski definition) is 1. The predicted molar refractivity (Wildman–Crippen MR) is 116 cm³/mol. The minimum atomic E-state index is 0.562. The molecule has 0 saturated carbocycles. The van der Waals surface area contributed by atoms with Gasteiger partial charge in [0.2, 0.25) is 5.62 Å². The zero-order valence-electron chi connectivity index (χ0n) is 16.9. The molecule has 4 rings (SSSR count). The van der Waals surface area contributed by atoms with E-state index in [0.29, 0.717) is 5.62 Å². The van der Waals surface area contributed by atoms with E-state index in [9.17, 15) is 0 Å². The molecule has 0 fully saturated rings. The molecule has 0 bridgehead atoms. The van der Waals surface area contributed by atoms with Gasteiger partial charge in [0.25, 0.3) is 0 Å². The molecule has 0 aliphatic carbocycles. The minimum Gasteiger partial charge on any atom is -0.310 e. The fourth-order valence-corrected chi connectivity index (χ4v) is 3.76. The molecule has 0 unspecified atom stereocenters. The fraction of sp³-hybridized carbons (Fsp3) is 0.240. The van der Waals surface area contributed by atoms with E-state index in [1.807, 2.05) is 0 Å². The maximum Gasteiger partial charge on any atom is 0.203 e. The molecule has 3 nitrogen and oxygen atoms in total. The topological polar surface area (TPSA) is 33.7 Å². The highest BCUT2D eigenvalue weighted by atomic mass is 15.2. The largest absolute Gasteiger partial charge is 0.310 e. The van der Waals surface area contributed by atoms with Gasteiger partial charge in [-0.1, -0.05) is 60.2 Å². The first-order valence-corrected chi connectivity index (χ1v) is 9.87. The Morgan fingerprint density at radius 1 is 0.714 bits per heavy atom. The Hall–Kier alpha value is -3.07. The van der Waals surface area contributed by atoms with Gasteiger partial charge in [0.15, 0.2) is 0 Å². The van der Waals surface area contributed by atoms with Gasteiger partial charge in [-0.05, 0) is 61.6 Å². The van der Waals surface area contributed by atoms with E-state index in [2.05, 4.69) is 96.6 Å². The van der Waals surface area contributed by atoms with Crippen molar-refractivity contribution in [3.8, 4) is 0 Å². The number of imidazole rings is 1. The third kappa shape index (κ3) is 3.53. The molecule has 3 aromatic carbocycles. The van der Waals surface area contributed by atoms with Crippen molar-refractivity contribution in [1.29, 1.82) is 5.41 Å². The molecular formula is C25H27N3. The fourth-order valence-electron chi connectivity index (χ4n) is 3.76. The molecular weight excluding hydrogens is 342 g/mol. The highest BCUT2D eigenvalue weighted by Gasteiger charge is 2.11. The second-order valence-corrected chi connectivity index (χ2v) is 7.70. The summed E-state index contributed by atoms with van der Waals surface area (Å²) in [6.45, 7) is 7.93. The van der Waals surface area contributed by atoms with Gasteiger partial charge in [-0.2, -0.15) is 0 Å². The summed E-state index contributed by atoms with van der Waals surface area (Å²) in [5, 5.41) is 8.85. The van der Waals surface area contributed by atoms with Gasteiger partial charge >= 0.3 is 0 Å². The van der Waals surface area contributed by atoms with Crippen molar-refractivity contribution in [1.82, 2.24) is 9.13 Å². The Labute approximate surface area is 166 Å². The number of aromatic nitrogens is 2. The monoisotopic (exact) mass is 369 g/mol. The van der Waals surface area contributed by atoms with E-state index < -0.39 is 0 Å². The van der Waals surface area contributed by atoms with E-state index in [0.717, 1.165) is 30.5 Å². The highest BCUT2D eigenvalue weighted by molar-refractivity contribution is 5.76. The first-order valence-electron chi connectivity index (χ1n) is 9.87. The summed E-state index contributed by atoms with van der Waals surface area (Å²) in [6.07, 6.45) is 0.925. The van der Waals surface area contributed by atoms with Gasteiger partial charge in [-0.15, -0.1) is 0 Å². The summed E-state index contributed by atoms with van der Waals surface area (Å²) in [4.78, 5) is 0. The maximum atomic E-state index is 8.85. The van der Waals surface area contributed by atoms with Crippen molar-refractivity contribution in [2.45, 2.75) is 40.3 Å². The van der Waals surface area contributed by atoms with Gasteiger partial charge in [0.05, 0.1) is 17.6 Å². The van der Waals surface area contributed by atoms with Crippen LogP contribution in [0.3, 0.4) is 0 Å². The summed E-state index contributed by atoms with van der Waals surface area (Å²) in [5.74, 6) is 0. The molecule has 4 aromatic rings. The Morgan fingerprint density at radius 2 is 1.36 bits per heavy atom. The number of nitrogens with zero attached hydrogens (tertiary/aromatic N) is 2. The quantitative estimate of drug-likeness (QED) is 0.505. The van der Waals surface area contributed by atoms with Crippen molar-refractivity contribution >= 4 is 11.0 Å². The lowest BCUT2D eigenvalue weighted by molar-refractivity contribution is 0.621. The Morgan fingerprint density at radius 3 is 2.04 bits per heavy atom. The molecule has 142 valence electrons. The smallest absolute Gasteiger partial charge is 0.203 e. The van der Waals surface area contributed by atoms with Crippen LogP contribution in [0.4, 0.5) is 0 Å². The van der Waals surface area contributed by atoms with Crippen molar-refractivity contribution in [3.63, 3.8) is 0 Å². The van der Waals surface area contributed by atoms with Crippen LogP contribution in [0.1, 0.15) is 27.8 Å². The van der Waals surface area contributed by atoms with Crippen LogP contribution in [0.15, 0.2) is 66.7 Å². The standard InChI is InChI=1S/C25H27N3/c1-18-8-11-21(12-9-18)14-15-27-23-6-4-5-7-24(23)28(25(27)26)17-22-13-10-19(2)20(3)16-22/h4-13,16,26H,14-15,17H2,1-3H3. The summed E-state index contributed by atoms with van der Waals surface area (Å²) in [6, 6.07) is 23.6. The molecule has 28 heavy (non-hydrogen) atoms. The molecule has 0 aliphatic heterocycles. The molecule has 0 amide bonds. The third-order valence-electron chi connectivity index (χ3n) is 5.63. The predicted octanol–water partition coefficient (Wildman–Crippen LogP) is 5.14. The Bertz CT molecular complexity index is 1180. The number of nitrogens with one attached hydrogen (secondary N) is 1. The minimum absolute atomic E-state index is 0.562. The number of rotatable bonds is 5. The Balaban J connectivity index is 1.69.